The maximum atomic E-state index is 11.2. The van der Waals surface area contributed by atoms with Gasteiger partial charge in [0.25, 0.3) is 0 Å². The third-order valence-electron chi connectivity index (χ3n) is 3.81. The molecule has 0 saturated heterocycles. The van der Waals surface area contributed by atoms with Crippen molar-refractivity contribution in [3.05, 3.63) is 10.6 Å². The second-order valence-corrected chi connectivity index (χ2v) is 6.37. The molecule has 0 bridgehead atoms. The molecule has 0 spiro atoms. The Morgan fingerprint density at radius 1 is 1.55 bits per heavy atom. The average Bonchev–Trinajstić information content (AvgIpc) is 2.94. The number of aromatic nitrogens is 1. The topological polar surface area (TPSA) is 65.5 Å². The summed E-state index contributed by atoms with van der Waals surface area (Å²) >= 11 is 1.61. The Hall–Kier alpha value is -1.14. The van der Waals surface area contributed by atoms with Gasteiger partial charge in [0.15, 0.2) is 5.13 Å². The largest absolute Gasteiger partial charge is 0.481 e. The van der Waals surface area contributed by atoms with Crippen LogP contribution in [0.5, 0.6) is 0 Å². The van der Waals surface area contributed by atoms with Gasteiger partial charge in [0, 0.05) is 17.5 Å². The number of anilines is 1. The lowest BCUT2D eigenvalue weighted by Gasteiger charge is -2.23. The summed E-state index contributed by atoms with van der Waals surface area (Å²) in [5, 5.41) is 13.4. The zero-order valence-electron chi connectivity index (χ0n) is 12.3. The van der Waals surface area contributed by atoms with Gasteiger partial charge in [-0.1, -0.05) is 13.8 Å². The Balaban J connectivity index is 1.98. The summed E-state index contributed by atoms with van der Waals surface area (Å²) in [6.07, 6.45) is 1.54. The molecule has 20 heavy (non-hydrogen) atoms. The lowest BCUT2D eigenvalue weighted by Crippen LogP contribution is -2.34. The minimum Gasteiger partial charge on any atom is -0.481 e. The fourth-order valence-electron chi connectivity index (χ4n) is 2.65. The van der Waals surface area contributed by atoms with Gasteiger partial charge >= 0.3 is 5.97 Å². The minimum absolute atomic E-state index is 0.310. The van der Waals surface area contributed by atoms with Crippen molar-refractivity contribution >= 4 is 22.4 Å². The van der Waals surface area contributed by atoms with E-state index >= 15 is 0 Å². The number of aliphatic carboxylic acids is 1. The van der Waals surface area contributed by atoms with Crippen molar-refractivity contribution in [3.63, 3.8) is 0 Å². The first-order chi connectivity index (χ1) is 9.55. The summed E-state index contributed by atoms with van der Waals surface area (Å²) in [5.41, 5.74) is 0.778. The molecular formula is C14H23N3O2S. The second-order valence-electron chi connectivity index (χ2n) is 5.29. The van der Waals surface area contributed by atoms with Gasteiger partial charge < -0.3 is 15.3 Å². The molecule has 1 aromatic rings. The van der Waals surface area contributed by atoms with E-state index in [-0.39, 0.29) is 0 Å². The van der Waals surface area contributed by atoms with Gasteiger partial charge in [0.05, 0.1) is 5.69 Å². The molecule has 2 atom stereocenters. The van der Waals surface area contributed by atoms with E-state index in [4.69, 9.17) is 0 Å². The Morgan fingerprint density at radius 3 is 2.85 bits per heavy atom. The first kappa shape index (κ1) is 15.3. The summed E-state index contributed by atoms with van der Waals surface area (Å²) in [7, 11) is 0. The van der Waals surface area contributed by atoms with E-state index in [0.29, 0.717) is 12.5 Å². The first-order valence-corrected chi connectivity index (χ1v) is 8.08. The van der Waals surface area contributed by atoms with Crippen molar-refractivity contribution in [3.8, 4) is 0 Å². The third kappa shape index (κ3) is 3.30. The van der Waals surface area contributed by atoms with E-state index in [0.717, 1.165) is 41.8 Å². The lowest BCUT2D eigenvalue weighted by molar-refractivity contribution is -0.138. The predicted octanol–water partition coefficient (Wildman–Crippen LogP) is 2.40. The molecule has 1 aliphatic carbocycles. The van der Waals surface area contributed by atoms with Crippen LogP contribution in [0, 0.1) is 0 Å². The van der Waals surface area contributed by atoms with Crippen LogP contribution in [0.3, 0.4) is 0 Å². The number of nitrogens with one attached hydrogen (secondary N) is 1. The van der Waals surface area contributed by atoms with Crippen LogP contribution in [0.15, 0.2) is 0 Å². The van der Waals surface area contributed by atoms with Crippen LogP contribution in [0.2, 0.25) is 0 Å². The number of rotatable bonds is 7. The first-order valence-electron chi connectivity index (χ1n) is 7.26. The smallest absolute Gasteiger partial charge is 0.312 e. The SMILES string of the molecule is CCN(CC)CC(C)Nc1nc2c(s1)CCC2C(=O)O. The van der Waals surface area contributed by atoms with Crippen molar-refractivity contribution in [1.82, 2.24) is 9.88 Å². The number of carbonyl (C=O) groups is 1. The molecule has 6 heteroatoms. The number of nitrogens with zero attached hydrogens (tertiary/aromatic N) is 2. The average molecular weight is 297 g/mol. The van der Waals surface area contributed by atoms with Crippen molar-refractivity contribution in [2.24, 2.45) is 0 Å². The van der Waals surface area contributed by atoms with Crippen LogP contribution in [0.4, 0.5) is 5.13 Å². The van der Waals surface area contributed by atoms with Gasteiger partial charge in [0.2, 0.25) is 0 Å². The Bertz CT molecular complexity index is 471. The molecule has 1 aliphatic rings. The molecule has 112 valence electrons. The quantitative estimate of drug-likeness (QED) is 0.809. The van der Waals surface area contributed by atoms with Crippen molar-refractivity contribution in [2.75, 3.05) is 25.0 Å². The fraction of sp³-hybridized carbons (Fsp3) is 0.714. The molecule has 2 N–H and O–H groups in total. The highest BCUT2D eigenvalue weighted by Gasteiger charge is 2.32. The van der Waals surface area contributed by atoms with Crippen LogP contribution in [0.25, 0.3) is 0 Å². The van der Waals surface area contributed by atoms with E-state index in [1.165, 1.54) is 0 Å². The molecule has 0 fully saturated rings. The van der Waals surface area contributed by atoms with E-state index < -0.39 is 11.9 Å². The van der Waals surface area contributed by atoms with Gasteiger partial charge in [-0.05, 0) is 32.9 Å². The molecule has 0 aromatic carbocycles. The molecule has 0 radical (unpaired) electrons. The van der Waals surface area contributed by atoms with Gasteiger partial charge in [-0.25, -0.2) is 4.98 Å². The molecule has 1 aromatic heterocycles. The number of hydrogen-bond acceptors (Lipinski definition) is 5. The molecule has 0 aliphatic heterocycles. The summed E-state index contributed by atoms with van der Waals surface area (Å²) in [5.74, 6) is -1.16. The zero-order chi connectivity index (χ0) is 14.7. The van der Waals surface area contributed by atoms with E-state index in [9.17, 15) is 9.90 Å². The van der Waals surface area contributed by atoms with E-state index in [1.54, 1.807) is 11.3 Å². The third-order valence-corrected chi connectivity index (χ3v) is 4.87. The summed E-state index contributed by atoms with van der Waals surface area (Å²) in [6.45, 7) is 9.51. The number of likely N-dealkylation sites (N-methyl/N-ethyl adjacent to an activating group) is 1. The van der Waals surface area contributed by atoms with E-state index in [1.807, 2.05) is 0 Å². The Kier molecular flexibility index (Phi) is 4.99. The molecular weight excluding hydrogens is 274 g/mol. The highest BCUT2D eigenvalue weighted by atomic mass is 32.1. The number of fused-ring (bicyclic) bond motifs is 1. The number of thiazole rings is 1. The summed E-state index contributed by atoms with van der Waals surface area (Å²) in [6, 6.07) is 0.310. The van der Waals surface area contributed by atoms with Crippen molar-refractivity contribution in [1.29, 1.82) is 0 Å². The lowest BCUT2D eigenvalue weighted by atomic mass is 10.1. The normalized spacial score (nSPS) is 19.1. The molecule has 2 rings (SSSR count). The van der Waals surface area contributed by atoms with Crippen molar-refractivity contribution < 1.29 is 9.90 Å². The predicted molar refractivity (Wildman–Crippen MR) is 81.7 cm³/mol. The Labute approximate surface area is 124 Å². The van der Waals surface area contributed by atoms with Crippen LogP contribution in [-0.2, 0) is 11.2 Å². The van der Waals surface area contributed by atoms with Crippen LogP contribution in [-0.4, -0.2) is 46.6 Å². The van der Waals surface area contributed by atoms with Gasteiger partial charge in [-0.3, -0.25) is 4.79 Å². The molecule has 0 amide bonds. The monoisotopic (exact) mass is 297 g/mol. The van der Waals surface area contributed by atoms with Crippen LogP contribution < -0.4 is 5.32 Å². The number of carboxylic acid groups (broad SMARTS) is 1. The molecule has 2 unspecified atom stereocenters. The fourth-order valence-corrected chi connectivity index (χ4v) is 3.80. The molecule has 5 nitrogen and oxygen atoms in total. The Morgan fingerprint density at radius 2 is 2.25 bits per heavy atom. The minimum atomic E-state index is -0.753. The highest BCUT2D eigenvalue weighted by molar-refractivity contribution is 7.15. The number of hydrogen-bond donors (Lipinski definition) is 2. The highest BCUT2D eigenvalue weighted by Crippen LogP contribution is 2.38. The zero-order valence-corrected chi connectivity index (χ0v) is 13.2. The summed E-state index contributed by atoms with van der Waals surface area (Å²) in [4.78, 5) is 19.2. The van der Waals surface area contributed by atoms with E-state index in [2.05, 4.69) is 36.0 Å². The number of aryl methyl sites for hydroxylation is 1. The van der Waals surface area contributed by atoms with Crippen LogP contribution in [0.1, 0.15) is 43.7 Å². The van der Waals surface area contributed by atoms with Crippen LogP contribution >= 0.6 is 11.3 Å². The van der Waals surface area contributed by atoms with Crippen molar-refractivity contribution in [2.45, 2.75) is 45.6 Å². The molecule has 0 saturated carbocycles. The standard InChI is InChI=1S/C14H23N3O2S/c1-4-17(5-2)8-9(3)15-14-16-12-10(13(18)19)6-7-11(12)20-14/h9-10H,4-8H2,1-3H3,(H,15,16)(H,18,19). The maximum Gasteiger partial charge on any atom is 0.312 e. The second kappa shape index (κ2) is 6.54. The number of carboxylic acids is 1. The molecule has 1 heterocycles. The van der Waals surface area contributed by atoms with Gasteiger partial charge in [0.1, 0.15) is 5.92 Å². The van der Waals surface area contributed by atoms with Gasteiger partial charge in [-0.2, -0.15) is 0 Å². The summed E-state index contributed by atoms with van der Waals surface area (Å²) < 4.78 is 0. The van der Waals surface area contributed by atoms with Gasteiger partial charge in [-0.15, -0.1) is 11.3 Å². The maximum absolute atomic E-state index is 11.2.